The number of anilines is 1. The van der Waals surface area contributed by atoms with Crippen LogP contribution in [-0.4, -0.2) is 30.9 Å². The van der Waals surface area contributed by atoms with Gasteiger partial charge in [0.2, 0.25) is 0 Å². The minimum Gasteiger partial charge on any atom is -0.495 e. The Bertz CT molecular complexity index is 1460. The number of hydrogen-bond acceptors (Lipinski definition) is 8. The molecule has 32 heavy (non-hydrogen) atoms. The molecule has 0 amide bonds. The number of aromatic nitrogens is 2. The van der Waals surface area contributed by atoms with Gasteiger partial charge in [-0.3, -0.25) is 13.9 Å². The lowest BCUT2D eigenvalue weighted by molar-refractivity contribution is 0.0467. The number of carbonyl (C=O) groups is 1. The van der Waals surface area contributed by atoms with E-state index in [2.05, 4.69) is 9.71 Å². The highest BCUT2D eigenvalue weighted by molar-refractivity contribution is 7.92. The quantitative estimate of drug-likeness (QED) is 0.412. The van der Waals surface area contributed by atoms with E-state index in [1.165, 1.54) is 53.2 Å². The van der Waals surface area contributed by atoms with E-state index in [9.17, 15) is 18.0 Å². The van der Waals surface area contributed by atoms with Gasteiger partial charge in [0.15, 0.2) is 4.96 Å². The number of carbonyl (C=O) groups excluding carboxylic acids is 1. The highest BCUT2D eigenvalue weighted by Gasteiger charge is 2.19. The molecule has 2 heterocycles. The molecule has 11 heteroatoms. The number of methoxy groups -OCH3 is 1. The Morgan fingerprint density at radius 1 is 1.16 bits per heavy atom. The van der Waals surface area contributed by atoms with Crippen molar-refractivity contribution < 1.29 is 22.7 Å². The van der Waals surface area contributed by atoms with E-state index in [1.807, 2.05) is 0 Å². The molecule has 9 nitrogen and oxygen atoms in total. The van der Waals surface area contributed by atoms with Crippen LogP contribution in [0.3, 0.4) is 0 Å². The van der Waals surface area contributed by atoms with Gasteiger partial charge in [-0.2, -0.15) is 0 Å². The molecule has 0 fully saturated rings. The van der Waals surface area contributed by atoms with Crippen molar-refractivity contribution in [1.82, 2.24) is 9.38 Å². The van der Waals surface area contributed by atoms with E-state index in [1.54, 1.807) is 35.8 Å². The van der Waals surface area contributed by atoms with E-state index in [4.69, 9.17) is 9.47 Å². The van der Waals surface area contributed by atoms with Crippen LogP contribution in [-0.2, 0) is 21.4 Å². The van der Waals surface area contributed by atoms with E-state index in [0.717, 1.165) is 0 Å². The van der Waals surface area contributed by atoms with Gasteiger partial charge in [0.1, 0.15) is 12.4 Å². The summed E-state index contributed by atoms with van der Waals surface area (Å²) in [5.41, 5.74) is 0.330. The second-order valence-electron chi connectivity index (χ2n) is 6.55. The molecular weight excluding hydrogens is 454 g/mol. The molecule has 0 atom stereocenters. The van der Waals surface area contributed by atoms with Crippen molar-refractivity contribution in [3.63, 3.8) is 0 Å². The summed E-state index contributed by atoms with van der Waals surface area (Å²) >= 11 is 1.28. The number of para-hydroxylation sites is 2. The molecule has 1 N–H and O–H groups in total. The van der Waals surface area contributed by atoms with Crippen molar-refractivity contribution in [2.24, 2.45) is 0 Å². The Balaban J connectivity index is 1.51. The van der Waals surface area contributed by atoms with Crippen LogP contribution in [0.1, 0.15) is 16.1 Å². The van der Waals surface area contributed by atoms with Gasteiger partial charge in [-0.25, -0.2) is 18.2 Å². The summed E-state index contributed by atoms with van der Waals surface area (Å²) in [5, 5.41) is 1.73. The van der Waals surface area contributed by atoms with Crippen LogP contribution in [0.25, 0.3) is 4.96 Å². The molecular formula is C21H17N3O6S2. The number of thiazole rings is 1. The molecule has 0 aliphatic rings. The van der Waals surface area contributed by atoms with Gasteiger partial charge in [0, 0.05) is 17.6 Å². The molecule has 0 radical (unpaired) electrons. The number of esters is 1. The van der Waals surface area contributed by atoms with Gasteiger partial charge in [0.25, 0.3) is 15.6 Å². The first kappa shape index (κ1) is 21.5. The van der Waals surface area contributed by atoms with Gasteiger partial charge in [-0.1, -0.05) is 18.2 Å². The Morgan fingerprint density at radius 2 is 1.97 bits per heavy atom. The summed E-state index contributed by atoms with van der Waals surface area (Å²) in [5.74, 6) is -0.384. The molecule has 2 aromatic carbocycles. The smallest absolute Gasteiger partial charge is 0.338 e. The predicted octanol–water partition coefficient (Wildman–Crippen LogP) is 2.92. The van der Waals surface area contributed by atoms with Gasteiger partial charge in [0.05, 0.1) is 29.0 Å². The minimum atomic E-state index is -3.99. The number of sulfonamides is 1. The molecule has 164 valence electrons. The van der Waals surface area contributed by atoms with Crippen LogP contribution in [0.4, 0.5) is 5.69 Å². The maximum Gasteiger partial charge on any atom is 0.338 e. The van der Waals surface area contributed by atoms with Crippen molar-refractivity contribution in [3.8, 4) is 5.75 Å². The van der Waals surface area contributed by atoms with Crippen molar-refractivity contribution in [2.45, 2.75) is 11.5 Å². The highest BCUT2D eigenvalue weighted by Crippen LogP contribution is 2.26. The van der Waals surface area contributed by atoms with Crippen molar-refractivity contribution in [3.05, 3.63) is 87.8 Å². The van der Waals surface area contributed by atoms with Crippen molar-refractivity contribution in [2.75, 3.05) is 11.8 Å². The molecule has 0 bridgehead atoms. The summed E-state index contributed by atoms with van der Waals surface area (Å²) in [7, 11) is -2.55. The largest absolute Gasteiger partial charge is 0.495 e. The molecule has 0 aliphatic heterocycles. The number of nitrogens with zero attached hydrogens (tertiary/aromatic N) is 2. The lowest BCUT2D eigenvalue weighted by atomic mass is 10.2. The Hall–Kier alpha value is -3.70. The molecule has 0 spiro atoms. The van der Waals surface area contributed by atoms with E-state index >= 15 is 0 Å². The first-order valence-electron chi connectivity index (χ1n) is 9.26. The minimum absolute atomic E-state index is 0.0434. The van der Waals surface area contributed by atoms with Crippen LogP contribution in [0.2, 0.25) is 0 Å². The van der Waals surface area contributed by atoms with Crippen LogP contribution in [0.5, 0.6) is 5.75 Å². The van der Waals surface area contributed by atoms with Crippen molar-refractivity contribution >= 4 is 38.0 Å². The summed E-state index contributed by atoms with van der Waals surface area (Å²) in [6.07, 6.45) is 1.61. The average molecular weight is 472 g/mol. The third-order valence-electron chi connectivity index (χ3n) is 4.44. The fourth-order valence-electron chi connectivity index (χ4n) is 2.91. The van der Waals surface area contributed by atoms with Gasteiger partial charge >= 0.3 is 5.97 Å². The topological polar surface area (TPSA) is 116 Å². The van der Waals surface area contributed by atoms with Gasteiger partial charge < -0.3 is 9.47 Å². The van der Waals surface area contributed by atoms with E-state index in [-0.39, 0.29) is 28.3 Å². The van der Waals surface area contributed by atoms with E-state index in [0.29, 0.717) is 16.4 Å². The third-order valence-corrected chi connectivity index (χ3v) is 6.56. The monoisotopic (exact) mass is 471 g/mol. The predicted molar refractivity (Wildman–Crippen MR) is 119 cm³/mol. The number of ether oxygens (including phenoxy) is 2. The maximum atomic E-state index is 12.8. The molecule has 4 rings (SSSR count). The molecule has 0 saturated carbocycles. The summed E-state index contributed by atoms with van der Waals surface area (Å²) in [6, 6.07) is 13.3. The van der Waals surface area contributed by atoms with Gasteiger partial charge in [-0.15, -0.1) is 11.3 Å². The summed E-state index contributed by atoms with van der Waals surface area (Å²) < 4.78 is 39.8. The lowest BCUT2D eigenvalue weighted by Crippen LogP contribution is -2.16. The third kappa shape index (κ3) is 4.48. The second-order valence-corrected chi connectivity index (χ2v) is 9.11. The summed E-state index contributed by atoms with van der Waals surface area (Å²) in [6.45, 7) is -0.223. The number of hydrogen-bond donors (Lipinski definition) is 1. The molecule has 0 unspecified atom stereocenters. The first-order valence-corrected chi connectivity index (χ1v) is 11.6. The normalized spacial score (nSPS) is 11.3. The standard InChI is InChI=1S/C21H17N3O6S2/c1-29-18-8-3-2-7-17(18)23-32(27,28)16-6-4-5-14(11-16)20(26)30-13-15-12-19(25)24-9-10-31-21(24)22-15/h2-12,23H,13H2,1H3. The molecule has 2 aromatic heterocycles. The lowest BCUT2D eigenvalue weighted by Gasteiger charge is -2.12. The van der Waals surface area contributed by atoms with Crippen LogP contribution < -0.4 is 15.0 Å². The molecule has 0 aliphatic carbocycles. The molecule has 4 aromatic rings. The van der Waals surface area contributed by atoms with E-state index < -0.39 is 16.0 Å². The number of rotatable bonds is 7. The SMILES string of the molecule is COc1ccccc1NS(=O)(=O)c1cccc(C(=O)OCc2cc(=O)n3ccsc3n2)c1. The van der Waals surface area contributed by atoms with Crippen LogP contribution >= 0.6 is 11.3 Å². The highest BCUT2D eigenvalue weighted by atomic mass is 32.2. The van der Waals surface area contributed by atoms with Crippen molar-refractivity contribution in [1.29, 1.82) is 0 Å². The fraction of sp³-hybridized carbons (Fsp3) is 0.0952. The Morgan fingerprint density at radius 3 is 2.78 bits per heavy atom. The number of fused-ring (bicyclic) bond motifs is 1. The van der Waals surface area contributed by atoms with Gasteiger partial charge in [-0.05, 0) is 30.3 Å². The zero-order chi connectivity index (χ0) is 22.7. The second kappa shape index (κ2) is 8.81. The number of benzene rings is 2. The van der Waals surface area contributed by atoms with Crippen LogP contribution in [0, 0.1) is 0 Å². The Labute approximate surface area is 186 Å². The van der Waals surface area contributed by atoms with Crippen LogP contribution in [0.15, 0.2) is 75.9 Å². The first-order chi connectivity index (χ1) is 15.4. The molecule has 0 saturated heterocycles. The zero-order valence-electron chi connectivity index (χ0n) is 16.7. The average Bonchev–Trinajstić information content (AvgIpc) is 3.27. The number of nitrogens with one attached hydrogen (secondary N) is 1. The maximum absolute atomic E-state index is 12.8. The zero-order valence-corrected chi connectivity index (χ0v) is 18.4. The summed E-state index contributed by atoms with van der Waals surface area (Å²) in [4.78, 5) is 29.2. The fourth-order valence-corrected chi connectivity index (χ4v) is 4.76. The Kier molecular flexibility index (Phi) is 5.93.